The van der Waals surface area contributed by atoms with Crippen molar-refractivity contribution in [1.29, 1.82) is 0 Å². The maximum absolute atomic E-state index is 11.5. The van der Waals surface area contributed by atoms with Gasteiger partial charge in [0, 0.05) is 5.57 Å². The fourth-order valence-electron chi connectivity index (χ4n) is 1.37. The maximum atomic E-state index is 11.5. The van der Waals surface area contributed by atoms with E-state index < -0.39 is 0 Å². The lowest BCUT2D eigenvalue weighted by molar-refractivity contribution is -0.153. The number of hydrogen-bond donors (Lipinski definition) is 0. The summed E-state index contributed by atoms with van der Waals surface area (Å²) < 4.78 is 5.40. The molecule has 0 fully saturated rings. The molecule has 0 rings (SSSR count). The molecule has 0 saturated carbocycles. The zero-order chi connectivity index (χ0) is 12.6. The van der Waals surface area contributed by atoms with Crippen LogP contribution in [0.3, 0.4) is 0 Å². The van der Waals surface area contributed by atoms with E-state index in [-0.39, 0.29) is 12.2 Å². The molecule has 0 aliphatic carbocycles. The molecule has 0 aliphatic rings. The Kier molecular flexibility index (Phi) is 7.90. The number of ether oxygens (including phenoxy) is 1. The summed E-state index contributed by atoms with van der Waals surface area (Å²) in [7, 11) is 1.97. The Hall–Kier alpha value is -0.830. The molecule has 1 atom stereocenters. The van der Waals surface area contributed by atoms with Crippen LogP contribution in [0.1, 0.15) is 46.5 Å². The second kappa shape index (κ2) is 8.34. The minimum atomic E-state index is -0.290. The first-order valence-corrected chi connectivity index (χ1v) is 6.09. The minimum absolute atomic E-state index is 0.110. The molecular weight excluding hydrogens is 202 g/mol. The highest BCUT2D eigenvalue weighted by Crippen LogP contribution is 2.11. The van der Waals surface area contributed by atoms with E-state index in [1.54, 1.807) is 6.92 Å². The summed E-state index contributed by atoms with van der Waals surface area (Å²) in [5, 5.41) is 0. The molecule has 0 aromatic carbocycles. The number of esters is 1. The second-order valence-corrected chi connectivity index (χ2v) is 4.21. The Labute approximate surface area is 99.5 Å². The topological polar surface area (TPSA) is 29.5 Å². The minimum Gasteiger partial charge on any atom is -0.443 e. The van der Waals surface area contributed by atoms with Crippen LogP contribution in [0.5, 0.6) is 0 Å². The van der Waals surface area contributed by atoms with Crippen LogP contribution in [0.4, 0.5) is 0 Å². The smallest absolute Gasteiger partial charge is 0.334 e. The second-order valence-electron chi connectivity index (χ2n) is 4.21. The third-order valence-corrected chi connectivity index (χ3v) is 2.64. The molecule has 16 heavy (non-hydrogen) atoms. The van der Waals surface area contributed by atoms with Crippen molar-refractivity contribution >= 4 is 5.97 Å². The zero-order valence-electron chi connectivity index (χ0n) is 11.1. The SMILES string of the molecule is C=C(C)C(=O)OC(CCCCC)N(C)CC. The lowest BCUT2D eigenvalue weighted by atomic mass is 10.2. The molecule has 3 nitrogen and oxygen atoms in total. The van der Waals surface area contributed by atoms with Crippen molar-refractivity contribution in [3.05, 3.63) is 12.2 Å². The Morgan fingerprint density at radius 3 is 2.44 bits per heavy atom. The van der Waals surface area contributed by atoms with Gasteiger partial charge in [0.1, 0.15) is 0 Å². The van der Waals surface area contributed by atoms with Crippen LogP contribution in [0, 0.1) is 0 Å². The van der Waals surface area contributed by atoms with E-state index in [4.69, 9.17) is 4.74 Å². The molecule has 0 heterocycles. The van der Waals surface area contributed by atoms with E-state index in [1.807, 2.05) is 7.05 Å². The quantitative estimate of drug-likeness (QED) is 0.276. The van der Waals surface area contributed by atoms with Gasteiger partial charge in [-0.2, -0.15) is 0 Å². The highest BCUT2D eigenvalue weighted by atomic mass is 16.6. The number of nitrogens with zero attached hydrogens (tertiary/aromatic N) is 1. The average molecular weight is 227 g/mol. The molecule has 94 valence electrons. The van der Waals surface area contributed by atoms with Crippen LogP contribution >= 0.6 is 0 Å². The van der Waals surface area contributed by atoms with Crippen molar-refractivity contribution in [2.24, 2.45) is 0 Å². The molecule has 3 heteroatoms. The predicted octanol–water partition coefficient (Wildman–Crippen LogP) is 2.96. The van der Waals surface area contributed by atoms with Gasteiger partial charge < -0.3 is 4.74 Å². The van der Waals surface area contributed by atoms with Crippen LogP contribution in [-0.4, -0.2) is 30.7 Å². The van der Waals surface area contributed by atoms with Gasteiger partial charge >= 0.3 is 5.97 Å². The van der Waals surface area contributed by atoms with Crippen molar-refractivity contribution in [3.8, 4) is 0 Å². The Balaban J connectivity index is 4.20. The van der Waals surface area contributed by atoms with Gasteiger partial charge in [0.05, 0.1) is 0 Å². The summed E-state index contributed by atoms with van der Waals surface area (Å²) in [5.74, 6) is -0.290. The first-order valence-electron chi connectivity index (χ1n) is 6.09. The molecule has 0 N–H and O–H groups in total. The van der Waals surface area contributed by atoms with Crippen LogP contribution in [0.2, 0.25) is 0 Å². The van der Waals surface area contributed by atoms with Crippen molar-refractivity contribution in [2.75, 3.05) is 13.6 Å². The zero-order valence-corrected chi connectivity index (χ0v) is 11.1. The van der Waals surface area contributed by atoms with Gasteiger partial charge in [-0.1, -0.05) is 33.3 Å². The first kappa shape index (κ1) is 15.2. The highest BCUT2D eigenvalue weighted by Gasteiger charge is 2.17. The van der Waals surface area contributed by atoms with Gasteiger partial charge in [-0.05, 0) is 33.4 Å². The van der Waals surface area contributed by atoms with E-state index in [2.05, 4.69) is 25.3 Å². The van der Waals surface area contributed by atoms with Crippen LogP contribution in [0.15, 0.2) is 12.2 Å². The van der Waals surface area contributed by atoms with Crippen molar-refractivity contribution < 1.29 is 9.53 Å². The number of carbonyl (C=O) groups is 1. The van der Waals surface area contributed by atoms with Gasteiger partial charge in [0.25, 0.3) is 0 Å². The van der Waals surface area contributed by atoms with E-state index >= 15 is 0 Å². The Morgan fingerprint density at radius 2 is 2.00 bits per heavy atom. The van der Waals surface area contributed by atoms with Crippen LogP contribution < -0.4 is 0 Å². The van der Waals surface area contributed by atoms with Gasteiger partial charge in [-0.15, -0.1) is 0 Å². The van der Waals surface area contributed by atoms with E-state index in [9.17, 15) is 4.79 Å². The largest absolute Gasteiger partial charge is 0.443 e. The summed E-state index contributed by atoms with van der Waals surface area (Å²) in [6.07, 6.45) is 4.24. The van der Waals surface area contributed by atoms with Gasteiger partial charge in [0.2, 0.25) is 0 Å². The fraction of sp³-hybridized carbons (Fsp3) is 0.769. The van der Waals surface area contributed by atoms with Crippen LogP contribution in [0.25, 0.3) is 0 Å². The number of unbranched alkanes of at least 4 members (excludes halogenated alkanes) is 2. The summed E-state index contributed by atoms with van der Waals surface area (Å²) in [5.41, 5.74) is 0.463. The van der Waals surface area contributed by atoms with Crippen molar-refractivity contribution in [2.45, 2.75) is 52.7 Å². The number of carbonyl (C=O) groups excluding carboxylic acids is 1. The monoisotopic (exact) mass is 227 g/mol. The lowest BCUT2D eigenvalue weighted by Crippen LogP contribution is -2.35. The van der Waals surface area contributed by atoms with Gasteiger partial charge in [0.15, 0.2) is 6.23 Å². The summed E-state index contributed by atoms with van der Waals surface area (Å²) >= 11 is 0. The average Bonchev–Trinajstić information content (AvgIpc) is 2.26. The molecule has 0 radical (unpaired) electrons. The molecule has 0 amide bonds. The molecule has 0 aromatic heterocycles. The Bertz CT molecular complexity index is 226. The fourth-order valence-corrected chi connectivity index (χ4v) is 1.37. The van der Waals surface area contributed by atoms with Gasteiger partial charge in [-0.25, -0.2) is 4.79 Å². The summed E-state index contributed by atoms with van der Waals surface area (Å²) in [6, 6.07) is 0. The third kappa shape index (κ3) is 5.91. The standard InChI is InChI=1S/C13H25NO2/c1-6-8-9-10-12(14(5)7-2)16-13(15)11(3)4/h12H,3,6-10H2,1-2,4-5H3. The molecule has 0 aliphatic heterocycles. The molecule has 0 bridgehead atoms. The van der Waals surface area contributed by atoms with Crippen LogP contribution in [-0.2, 0) is 9.53 Å². The van der Waals surface area contributed by atoms with E-state index in [0.717, 1.165) is 19.4 Å². The molecule has 0 saturated heterocycles. The van der Waals surface area contributed by atoms with Crippen molar-refractivity contribution in [1.82, 2.24) is 4.90 Å². The Morgan fingerprint density at radius 1 is 1.38 bits per heavy atom. The highest BCUT2D eigenvalue weighted by molar-refractivity contribution is 5.87. The molecular formula is C13H25NO2. The molecule has 1 unspecified atom stereocenters. The third-order valence-electron chi connectivity index (χ3n) is 2.64. The van der Waals surface area contributed by atoms with Crippen molar-refractivity contribution in [3.63, 3.8) is 0 Å². The summed E-state index contributed by atoms with van der Waals surface area (Å²) in [4.78, 5) is 13.5. The summed E-state index contributed by atoms with van der Waals surface area (Å²) in [6.45, 7) is 10.4. The predicted molar refractivity (Wildman–Crippen MR) is 67.1 cm³/mol. The number of hydrogen-bond acceptors (Lipinski definition) is 3. The van der Waals surface area contributed by atoms with Gasteiger partial charge in [-0.3, -0.25) is 4.90 Å². The first-order chi connectivity index (χ1) is 7.52. The maximum Gasteiger partial charge on any atom is 0.334 e. The molecule has 0 spiro atoms. The van der Waals surface area contributed by atoms with E-state index in [1.165, 1.54) is 12.8 Å². The number of rotatable bonds is 8. The lowest BCUT2D eigenvalue weighted by Gasteiger charge is -2.26. The van der Waals surface area contributed by atoms with E-state index in [0.29, 0.717) is 5.57 Å². The molecule has 0 aromatic rings. The normalized spacial score (nSPS) is 12.6.